The molecule has 0 radical (unpaired) electrons. The highest BCUT2D eigenvalue weighted by atomic mass is 16.5. The highest BCUT2D eigenvalue weighted by molar-refractivity contribution is 5.66. The van der Waals surface area contributed by atoms with Gasteiger partial charge < -0.3 is 9.15 Å². The Kier molecular flexibility index (Phi) is 6.33. The molecule has 1 aromatic heterocycles. The van der Waals surface area contributed by atoms with Gasteiger partial charge in [-0.05, 0) is 48.3 Å². The summed E-state index contributed by atoms with van der Waals surface area (Å²) in [5.74, 6) is 11.2. The molecular formula is C15H12O3. The Balaban J connectivity index is 2.27. The van der Waals surface area contributed by atoms with Gasteiger partial charge in [0.15, 0.2) is 0 Å². The second-order valence-electron chi connectivity index (χ2n) is 3.09. The van der Waals surface area contributed by atoms with Crippen molar-refractivity contribution >= 4 is 12.0 Å². The molecule has 0 saturated carbocycles. The predicted octanol–water partition coefficient (Wildman–Crippen LogP) is 2.42. The van der Waals surface area contributed by atoms with Gasteiger partial charge in [0.1, 0.15) is 12.4 Å². The van der Waals surface area contributed by atoms with Gasteiger partial charge in [0.2, 0.25) is 0 Å². The lowest BCUT2D eigenvalue weighted by atomic mass is 10.4. The summed E-state index contributed by atoms with van der Waals surface area (Å²) >= 11 is 0. The molecule has 0 amide bonds. The fourth-order valence-corrected chi connectivity index (χ4v) is 0.938. The molecule has 0 fully saturated rings. The predicted molar refractivity (Wildman–Crippen MR) is 69.1 cm³/mol. The maximum atomic E-state index is 10.4. The lowest BCUT2D eigenvalue weighted by Crippen LogP contribution is -1.96. The van der Waals surface area contributed by atoms with Crippen LogP contribution < -0.4 is 0 Å². The largest absolute Gasteiger partial charge is 0.465 e. The number of carbonyl (C=O) groups excluding carboxylic acids is 1. The molecule has 0 aromatic carbocycles. The number of hydrogen-bond donors (Lipinski definition) is 0. The van der Waals surface area contributed by atoms with Crippen LogP contribution in [0.4, 0.5) is 0 Å². The normalized spacial score (nSPS) is 9.61. The SMILES string of the molecule is CC(=O)OC/C=C/C#CC#C/C=C\c1ccco1. The highest BCUT2D eigenvalue weighted by Crippen LogP contribution is 2.00. The van der Waals surface area contributed by atoms with Crippen molar-refractivity contribution in [2.75, 3.05) is 6.61 Å². The van der Waals surface area contributed by atoms with Crippen LogP contribution >= 0.6 is 0 Å². The molecule has 3 heteroatoms. The van der Waals surface area contributed by atoms with Gasteiger partial charge in [0, 0.05) is 6.92 Å². The van der Waals surface area contributed by atoms with Crippen molar-refractivity contribution < 1.29 is 13.9 Å². The lowest BCUT2D eigenvalue weighted by molar-refractivity contribution is -0.139. The van der Waals surface area contributed by atoms with Gasteiger partial charge in [-0.2, -0.15) is 0 Å². The molecule has 1 rings (SSSR count). The third-order valence-electron chi connectivity index (χ3n) is 1.66. The fourth-order valence-electron chi connectivity index (χ4n) is 0.938. The molecular weight excluding hydrogens is 228 g/mol. The maximum Gasteiger partial charge on any atom is 0.302 e. The Labute approximate surface area is 106 Å². The van der Waals surface area contributed by atoms with Crippen LogP contribution in [0.2, 0.25) is 0 Å². The summed E-state index contributed by atoms with van der Waals surface area (Å²) in [6, 6.07) is 3.64. The molecule has 3 nitrogen and oxygen atoms in total. The van der Waals surface area contributed by atoms with E-state index in [2.05, 4.69) is 28.4 Å². The summed E-state index contributed by atoms with van der Waals surface area (Å²) in [5.41, 5.74) is 0. The second kappa shape index (κ2) is 8.50. The molecule has 0 N–H and O–H groups in total. The van der Waals surface area contributed by atoms with Crippen LogP contribution in [0.1, 0.15) is 12.7 Å². The van der Waals surface area contributed by atoms with Crippen LogP contribution in [-0.2, 0) is 9.53 Å². The topological polar surface area (TPSA) is 39.4 Å². The average Bonchev–Trinajstić information content (AvgIpc) is 2.84. The molecule has 0 atom stereocenters. The first-order valence-corrected chi connectivity index (χ1v) is 5.28. The highest BCUT2D eigenvalue weighted by Gasteiger charge is 1.85. The smallest absolute Gasteiger partial charge is 0.302 e. The lowest BCUT2D eigenvalue weighted by Gasteiger charge is -1.91. The number of furan rings is 1. The van der Waals surface area contributed by atoms with Gasteiger partial charge in [0.25, 0.3) is 0 Å². The molecule has 18 heavy (non-hydrogen) atoms. The van der Waals surface area contributed by atoms with E-state index in [9.17, 15) is 4.79 Å². The Bertz CT molecular complexity index is 540. The van der Waals surface area contributed by atoms with E-state index < -0.39 is 0 Å². The Hall–Kier alpha value is -2.65. The molecule has 0 aliphatic rings. The van der Waals surface area contributed by atoms with Crippen LogP contribution in [0.3, 0.4) is 0 Å². The monoisotopic (exact) mass is 240 g/mol. The standard InChI is InChI=1S/C15H12O3/c1-14(16)17-12-8-6-4-2-3-5-7-10-15-11-9-13-18-15/h6-11,13H,12H2,1H3/b8-6+,10-7-. The zero-order chi connectivity index (χ0) is 13.1. The number of esters is 1. The van der Waals surface area contributed by atoms with Crippen LogP contribution in [-0.4, -0.2) is 12.6 Å². The Morgan fingerprint density at radius 3 is 2.83 bits per heavy atom. The summed E-state index contributed by atoms with van der Waals surface area (Å²) in [7, 11) is 0. The van der Waals surface area contributed by atoms with E-state index in [1.807, 2.05) is 6.07 Å². The average molecular weight is 240 g/mol. The van der Waals surface area contributed by atoms with Gasteiger partial charge >= 0.3 is 5.97 Å². The first-order chi connectivity index (χ1) is 8.79. The first kappa shape index (κ1) is 13.4. The van der Waals surface area contributed by atoms with Crippen LogP contribution in [0.15, 0.2) is 41.0 Å². The zero-order valence-corrected chi connectivity index (χ0v) is 9.97. The third-order valence-corrected chi connectivity index (χ3v) is 1.66. The van der Waals surface area contributed by atoms with E-state index in [4.69, 9.17) is 4.42 Å². The van der Waals surface area contributed by atoms with E-state index in [0.29, 0.717) is 0 Å². The van der Waals surface area contributed by atoms with Crippen molar-refractivity contribution in [1.82, 2.24) is 0 Å². The van der Waals surface area contributed by atoms with Crippen LogP contribution in [0.5, 0.6) is 0 Å². The van der Waals surface area contributed by atoms with Gasteiger partial charge in [-0.25, -0.2) is 0 Å². The Morgan fingerprint density at radius 1 is 1.39 bits per heavy atom. The second-order valence-corrected chi connectivity index (χ2v) is 3.09. The van der Waals surface area contributed by atoms with Crippen LogP contribution in [0.25, 0.3) is 6.08 Å². The summed E-state index contributed by atoms with van der Waals surface area (Å²) in [6.07, 6.45) is 8.25. The number of hydrogen-bond acceptors (Lipinski definition) is 3. The van der Waals surface area contributed by atoms with Gasteiger partial charge in [-0.1, -0.05) is 11.8 Å². The summed E-state index contributed by atoms with van der Waals surface area (Å²) in [5, 5.41) is 0. The molecule has 1 heterocycles. The van der Waals surface area contributed by atoms with E-state index in [0.717, 1.165) is 5.76 Å². The van der Waals surface area contributed by atoms with Gasteiger partial charge in [-0.15, -0.1) is 0 Å². The quantitative estimate of drug-likeness (QED) is 0.601. The molecule has 0 unspecified atom stereocenters. The van der Waals surface area contributed by atoms with E-state index in [1.54, 1.807) is 36.6 Å². The van der Waals surface area contributed by atoms with Crippen molar-refractivity contribution in [3.05, 3.63) is 42.4 Å². The molecule has 1 aromatic rings. The molecule has 0 aliphatic carbocycles. The minimum atomic E-state index is -0.310. The van der Waals surface area contributed by atoms with Gasteiger partial charge in [0.05, 0.1) is 6.26 Å². The number of rotatable bonds is 3. The summed E-state index contributed by atoms with van der Waals surface area (Å²) in [6.45, 7) is 1.59. The first-order valence-electron chi connectivity index (χ1n) is 5.28. The van der Waals surface area contributed by atoms with Crippen LogP contribution in [0, 0.1) is 23.7 Å². The van der Waals surface area contributed by atoms with Crippen molar-refractivity contribution in [3.8, 4) is 23.7 Å². The van der Waals surface area contributed by atoms with E-state index in [-0.39, 0.29) is 12.6 Å². The summed E-state index contributed by atoms with van der Waals surface area (Å²) < 4.78 is 9.76. The van der Waals surface area contributed by atoms with E-state index in [1.165, 1.54) is 6.92 Å². The minimum Gasteiger partial charge on any atom is -0.465 e. The number of ether oxygens (including phenoxy) is 1. The fraction of sp³-hybridized carbons (Fsp3) is 0.133. The molecule has 0 saturated heterocycles. The molecule has 0 aliphatic heterocycles. The Morgan fingerprint density at radius 2 is 2.17 bits per heavy atom. The third kappa shape index (κ3) is 6.76. The van der Waals surface area contributed by atoms with Crippen molar-refractivity contribution in [1.29, 1.82) is 0 Å². The number of allylic oxidation sites excluding steroid dienone is 2. The van der Waals surface area contributed by atoms with Crippen molar-refractivity contribution in [2.24, 2.45) is 0 Å². The maximum absolute atomic E-state index is 10.4. The number of carbonyl (C=O) groups is 1. The van der Waals surface area contributed by atoms with Crippen molar-refractivity contribution in [3.63, 3.8) is 0 Å². The molecule has 90 valence electrons. The molecule has 0 spiro atoms. The van der Waals surface area contributed by atoms with Crippen molar-refractivity contribution in [2.45, 2.75) is 6.92 Å². The summed E-state index contributed by atoms with van der Waals surface area (Å²) in [4.78, 5) is 10.4. The van der Waals surface area contributed by atoms with Gasteiger partial charge in [-0.3, -0.25) is 4.79 Å². The zero-order valence-electron chi connectivity index (χ0n) is 9.97. The minimum absolute atomic E-state index is 0.232. The van der Waals surface area contributed by atoms with E-state index >= 15 is 0 Å². The molecule has 0 bridgehead atoms.